The number of sulfonamides is 1. The number of rotatable bonds is 5. The van der Waals surface area contributed by atoms with Crippen molar-refractivity contribution in [3.63, 3.8) is 0 Å². The van der Waals surface area contributed by atoms with Crippen molar-refractivity contribution in [2.75, 3.05) is 11.9 Å². The van der Waals surface area contributed by atoms with Crippen LogP contribution in [0.5, 0.6) is 0 Å². The lowest BCUT2D eigenvalue weighted by molar-refractivity contribution is -0.119. The van der Waals surface area contributed by atoms with Crippen molar-refractivity contribution in [2.24, 2.45) is 5.14 Å². The van der Waals surface area contributed by atoms with E-state index in [1.165, 1.54) is 35.6 Å². The van der Waals surface area contributed by atoms with E-state index in [1.54, 1.807) is 13.8 Å². The molecule has 0 saturated carbocycles. The molecule has 24 heavy (non-hydrogen) atoms. The Kier molecular flexibility index (Phi) is 5.32. The lowest BCUT2D eigenvalue weighted by atomic mass is 10.3. The molecular formula is C14H15N3O5S2. The Balaban J connectivity index is 1.97. The van der Waals surface area contributed by atoms with E-state index in [-0.39, 0.29) is 10.6 Å². The number of hydrogen-bond donors (Lipinski definition) is 2. The molecule has 1 aromatic heterocycles. The van der Waals surface area contributed by atoms with Crippen LogP contribution in [0.2, 0.25) is 0 Å². The third kappa shape index (κ3) is 4.60. The van der Waals surface area contributed by atoms with Gasteiger partial charge in [-0.1, -0.05) is 6.07 Å². The molecule has 0 aliphatic heterocycles. The second-order valence-electron chi connectivity index (χ2n) is 4.84. The number of nitrogens with zero attached hydrogens (tertiary/aromatic N) is 1. The Morgan fingerprint density at radius 1 is 1.33 bits per heavy atom. The molecule has 2 rings (SSSR count). The van der Waals surface area contributed by atoms with E-state index in [4.69, 9.17) is 9.88 Å². The predicted octanol–water partition coefficient (Wildman–Crippen LogP) is 1.20. The fourth-order valence-corrected chi connectivity index (χ4v) is 3.24. The Morgan fingerprint density at radius 3 is 2.62 bits per heavy atom. The molecule has 1 aromatic carbocycles. The summed E-state index contributed by atoms with van der Waals surface area (Å²) in [5.74, 6) is -1.24. The lowest BCUT2D eigenvalue weighted by Crippen LogP contribution is -2.21. The summed E-state index contributed by atoms with van der Waals surface area (Å²) < 4.78 is 27.5. The zero-order chi connectivity index (χ0) is 17.9. The number of nitrogens with one attached hydrogen (secondary N) is 1. The van der Waals surface area contributed by atoms with Crippen LogP contribution < -0.4 is 10.5 Å². The van der Waals surface area contributed by atoms with Gasteiger partial charge in [0.2, 0.25) is 10.0 Å². The third-order valence-electron chi connectivity index (χ3n) is 2.87. The van der Waals surface area contributed by atoms with Gasteiger partial charge in [-0.05, 0) is 32.0 Å². The van der Waals surface area contributed by atoms with E-state index in [0.717, 1.165) is 5.01 Å². The highest BCUT2D eigenvalue weighted by Crippen LogP contribution is 2.18. The summed E-state index contributed by atoms with van der Waals surface area (Å²) in [6.07, 6.45) is 0. The SMILES string of the molecule is Cc1nc(C)c(C(=O)OCC(=O)Nc2cccc(S(N)(=O)=O)c2)s1. The summed E-state index contributed by atoms with van der Waals surface area (Å²) >= 11 is 1.18. The molecule has 1 amide bonds. The minimum atomic E-state index is -3.87. The van der Waals surface area contributed by atoms with Gasteiger partial charge in [0.1, 0.15) is 4.88 Å². The van der Waals surface area contributed by atoms with Crippen LogP contribution in [0.3, 0.4) is 0 Å². The van der Waals surface area contributed by atoms with Crippen molar-refractivity contribution in [2.45, 2.75) is 18.7 Å². The number of primary sulfonamides is 1. The average Bonchev–Trinajstić information content (AvgIpc) is 2.83. The number of amides is 1. The number of aromatic nitrogens is 1. The maximum atomic E-state index is 11.9. The largest absolute Gasteiger partial charge is 0.451 e. The molecule has 3 N–H and O–H groups in total. The van der Waals surface area contributed by atoms with Crippen molar-refractivity contribution in [3.05, 3.63) is 39.8 Å². The fraction of sp³-hybridized carbons (Fsp3) is 0.214. The van der Waals surface area contributed by atoms with E-state index in [2.05, 4.69) is 10.3 Å². The number of nitrogens with two attached hydrogens (primary N) is 1. The van der Waals surface area contributed by atoms with Crippen LogP contribution >= 0.6 is 11.3 Å². The highest BCUT2D eigenvalue weighted by Gasteiger charge is 2.17. The number of thiazole rings is 1. The van der Waals surface area contributed by atoms with Crippen molar-refractivity contribution in [3.8, 4) is 0 Å². The van der Waals surface area contributed by atoms with Crippen LogP contribution in [0.4, 0.5) is 5.69 Å². The van der Waals surface area contributed by atoms with Gasteiger partial charge >= 0.3 is 5.97 Å². The molecule has 0 saturated heterocycles. The minimum absolute atomic E-state index is 0.131. The molecule has 0 spiro atoms. The third-order valence-corrected chi connectivity index (χ3v) is 4.83. The highest BCUT2D eigenvalue weighted by molar-refractivity contribution is 7.89. The lowest BCUT2D eigenvalue weighted by Gasteiger charge is -2.07. The summed E-state index contributed by atoms with van der Waals surface area (Å²) in [4.78, 5) is 28.0. The van der Waals surface area contributed by atoms with Crippen LogP contribution in [0, 0.1) is 13.8 Å². The van der Waals surface area contributed by atoms with Gasteiger partial charge in [-0.3, -0.25) is 4.79 Å². The Morgan fingerprint density at radius 2 is 2.04 bits per heavy atom. The Hall–Kier alpha value is -2.30. The molecule has 0 aliphatic carbocycles. The summed E-state index contributed by atoms with van der Waals surface area (Å²) in [6, 6.07) is 5.45. The number of hydrogen-bond acceptors (Lipinski definition) is 7. The molecule has 0 bridgehead atoms. The second-order valence-corrected chi connectivity index (χ2v) is 7.61. The first-order chi connectivity index (χ1) is 11.2. The van der Waals surface area contributed by atoms with Gasteiger partial charge in [-0.25, -0.2) is 23.3 Å². The first-order valence-corrected chi connectivity index (χ1v) is 9.07. The van der Waals surface area contributed by atoms with Gasteiger partial charge in [-0.15, -0.1) is 11.3 Å². The Bertz CT molecular complexity index is 890. The van der Waals surface area contributed by atoms with Crippen LogP contribution in [0.1, 0.15) is 20.4 Å². The van der Waals surface area contributed by atoms with E-state index in [1.807, 2.05) is 0 Å². The maximum Gasteiger partial charge on any atom is 0.350 e. The minimum Gasteiger partial charge on any atom is -0.451 e. The van der Waals surface area contributed by atoms with Crippen molar-refractivity contribution < 1.29 is 22.7 Å². The number of esters is 1. The standard InChI is InChI=1S/C14H15N3O5S2/c1-8-13(23-9(2)16-8)14(19)22-7-12(18)17-10-4-3-5-11(6-10)24(15,20)21/h3-6H,7H2,1-2H3,(H,17,18)(H2,15,20,21). The van der Waals surface area contributed by atoms with Crippen LogP contribution in [-0.2, 0) is 19.6 Å². The molecule has 0 fully saturated rings. The molecule has 0 atom stereocenters. The van der Waals surface area contributed by atoms with Crippen LogP contribution in [0.15, 0.2) is 29.2 Å². The molecule has 1 heterocycles. The van der Waals surface area contributed by atoms with Crippen LogP contribution in [-0.4, -0.2) is 31.9 Å². The summed E-state index contributed by atoms with van der Waals surface area (Å²) in [5.41, 5.74) is 0.774. The smallest absolute Gasteiger partial charge is 0.350 e. The molecule has 128 valence electrons. The first kappa shape index (κ1) is 18.0. The fourth-order valence-electron chi connectivity index (χ4n) is 1.87. The van der Waals surface area contributed by atoms with Crippen LogP contribution in [0.25, 0.3) is 0 Å². The van der Waals surface area contributed by atoms with Gasteiger partial charge in [0.25, 0.3) is 5.91 Å². The number of ether oxygens (including phenoxy) is 1. The van der Waals surface area contributed by atoms with Crippen molar-refractivity contribution in [1.82, 2.24) is 4.98 Å². The quantitative estimate of drug-likeness (QED) is 0.762. The van der Waals surface area contributed by atoms with E-state index < -0.39 is 28.5 Å². The number of anilines is 1. The van der Waals surface area contributed by atoms with E-state index in [0.29, 0.717) is 10.6 Å². The zero-order valence-corrected chi connectivity index (χ0v) is 14.5. The number of carbonyl (C=O) groups is 2. The topological polar surface area (TPSA) is 128 Å². The van der Waals surface area contributed by atoms with Gasteiger partial charge in [-0.2, -0.15) is 0 Å². The van der Waals surface area contributed by atoms with Crippen molar-refractivity contribution >= 4 is 38.9 Å². The van der Waals surface area contributed by atoms with Gasteiger partial charge in [0, 0.05) is 5.69 Å². The molecule has 0 aliphatic rings. The normalized spacial score (nSPS) is 11.1. The summed E-state index contributed by atoms with van der Waals surface area (Å²) in [6.45, 7) is 2.94. The maximum absolute atomic E-state index is 11.9. The van der Waals surface area contributed by atoms with Gasteiger partial charge in [0.15, 0.2) is 6.61 Å². The highest BCUT2D eigenvalue weighted by atomic mass is 32.2. The van der Waals surface area contributed by atoms with Gasteiger partial charge < -0.3 is 10.1 Å². The molecule has 0 radical (unpaired) electrons. The van der Waals surface area contributed by atoms with E-state index >= 15 is 0 Å². The Labute approximate surface area is 142 Å². The first-order valence-electron chi connectivity index (χ1n) is 6.70. The predicted molar refractivity (Wildman–Crippen MR) is 88.3 cm³/mol. The van der Waals surface area contributed by atoms with E-state index in [9.17, 15) is 18.0 Å². The number of aryl methyl sites for hydroxylation is 2. The molecule has 10 heteroatoms. The van der Waals surface area contributed by atoms with Gasteiger partial charge in [0.05, 0.1) is 15.6 Å². The second kappa shape index (κ2) is 7.07. The molecule has 2 aromatic rings. The summed E-state index contributed by atoms with van der Waals surface area (Å²) in [5, 5.41) is 8.18. The number of benzene rings is 1. The zero-order valence-electron chi connectivity index (χ0n) is 12.9. The monoisotopic (exact) mass is 369 g/mol. The molecular weight excluding hydrogens is 354 g/mol. The average molecular weight is 369 g/mol. The number of carbonyl (C=O) groups excluding carboxylic acids is 2. The van der Waals surface area contributed by atoms with Crippen molar-refractivity contribution in [1.29, 1.82) is 0 Å². The molecule has 0 unspecified atom stereocenters. The summed E-state index contributed by atoms with van der Waals surface area (Å²) in [7, 11) is -3.87. The molecule has 8 nitrogen and oxygen atoms in total.